The van der Waals surface area contributed by atoms with Gasteiger partial charge in [0.2, 0.25) is 0 Å². The van der Waals surface area contributed by atoms with Crippen LogP contribution in [0.3, 0.4) is 0 Å². The molecule has 2 aliphatic rings. The summed E-state index contributed by atoms with van der Waals surface area (Å²) in [5, 5.41) is 5.97. The Bertz CT molecular complexity index is 559. The number of urea groups is 1. The van der Waals surface area contributed by atoms with E-state index >= 15 is 0 Å². The topological polar surface area (TPSA) is 62.8 Å². The molecule has 0 spiro atoms. The lowest BCUT2D eigenvalue weighted by Gasteiger charge is -2.42. The molecule has 2 amide bonds. The molecular weight excluding hydrogens is 306 g/mol. The zero-order valence-electron chi connectivity index (χ0n) is 14.6. The lowest BCUT2D eigenvalue weighted by atomic mass is 9.95. The third-order valence-electron chi connectivity index (χ3n) is 4.82. The highest BCUT2D eigenvalue weighted by molar-refractivity contribution is 5.89. The minimum absolute atomic E-state index is 0.107. The Morgan fingerprint density at radius 3 is 2.46 bits per heavy atom. The maximum Gasteiger partial charge on any atom is 0.319 e. The summed E-state index contributed by atoms with van der Waals surface area (Å²) in [5.41, 5.74) is 3.00. The molecule has 0 aromatic heterocycles. The summed E-state index contributed by atoms with van der Waals surface area (Å²) in [4.78, 5) is 14.7. The van der Waals surface area contributed by atoms with Crippen LogP contribution in [0.15, 0.2) is 18.2 Å². The van der Waals surface area contributed by atoms with Crippen molar-refractivity contribution in [3.63, 3.8) is 0 Å². The first-order valence-electron chi connectivity index (χ1n) is 8.61. The standard InChI is InChI=1S/C18H27N3O3/c1-14-9-15(2)11-16(10-14)20-17(22)19-12-18(3-6-24-13-18)21-4-7-23-8-5-21/h9-11H,3-8,12-13H2,1-2H3,(H2,19,20,22). The molecule has 2 heterocycles. The van der Waals surface area contributed by atoms with Crippen LogP contribution in [-0.4, -0.2) is 62.5 Å². The molecule has 2 N–H and O–H groups in total. The van der Waals surface area contributed by atoms with E-state index in [1.807, 2.05) is 26.0 Å². The van der Waals surface area contributed by atoms with Gasteiger partial charge in [-0.15, -0.1) is 0 Å². The lowest BCUT2D eigenvalue weighted by Crippen LogP contribution is -2.59. The number of rotatable bonds is 4. The smallest absolute Gasteiger partial charge is 0.319 e. The Labute approximate surface area is 143 Å². The van der Waals surface area contributed by atoms with E-state index in [-0.39, 0.29) is 11.6 Å². The van der Waals surface area contributed by atoms with Crippen molar-refractivity contribution in [2.24, 2.45) is 0 Å². The molecule has 0 saturated carbocycles. The quantitative estimate of drug-likeness (QED) is 0.884. The van der Waals surface area contributed by atoms with E-state index < -0.39 is 0 Å². The normalized spacial score (nSPS) is 24.8. The van der Waals surface area contributed by atoms with Crippen LogP contribution in [0.1, 0.15) is 17.5 Å². The maximum atomic E-state index is 12.3. The summed E-state index contributed by atoms with van der Waals surface area (Å²) in [7, 11) is 0. The van der Waals surface area contributed by atoms with Crippen molar-refractivity contribution in [2.75, 3.05) is 51.4 Å². The molecule has 1 aromatic carbocycles. The second kappa shape index (κ2) is 7.51. The van der Waals surface area contributed by atoms with E-state index in [4.69, 9.17) is 9.47 Å². The van der Waals surface area contributed by atoms with E-state index in [1.54, 1.807) is 0 Å². The number of anilines is 1. The number of carbonyl (C=O) groups excluding carboxylic acids is 1. The Morgan fingerprint density at radius 2 is 1.83 bits per heavy atom. The SMILES string of the molecule is Cc1cc(C)cc(NC(=O)NCC2(N3CCOCC3)CCOC2)c1. The van der Waals surface area contributed by atoms with E-state index in [9.17, 15) is 4.79 Å². The second-order valence-corrected chi connectivity index (χ2v) is 6.81. The molecule has 3 rings (SSSR count). The Morgan fingerprint density at radius 1 is 1.12 bits per heavy atom. The van der Waals surface area contributed by atoms with Crippen LogP contribution in [-0.2, 0) is 9.47 Å². The van der Waals surface area contributed by atoms with Gasteiger partial charge in [0.05, 0.1) is 25.4 Å². The maximum absolute atomic E-state index is 12.3. The van der Waals surface area contributed by atoms with Crippen LogP contribution >= 0.6 is 0 Å². The molecule has 2 aliphatic heterocycles. The van der Waals surface area contributed by atoms with Crippen molar-refractivity contribution < 1.29 is 14.3 Å². The van der Waals surface area contributed by atoms with E-state index in [1.165, 1.54) is 0 Å². The van der Waals surface area contributed by atoms with Gasteiger partial charge in [-0.1, -0.05) is 6.07 Å². The molecule has 0 aliphatic carbocycles. The zero-order valence-corrected chi connectivity index (χ0v) is 14.6. The third kappa shape index (κ3) is 4.06. The van der Waals surface area contributed by atoms with E-state index in [0.29, 0.717) is 13.2 Å². The number of aryl methyl sites for hydroxylation is 2. The molecule has 1 atom stereocenters. The molecular formula is C18H27N3O3. The largest absolute Gasteiger partial charge is 0.379 e. The van der Waals surface area contributed by atoms with Crippen LogP contribution in [0, 0.1) is 13.8 Å². The first-order valence-corrected chi connectivity index (χ1v) is 8.61. The molecule has 0 bridgehead atoms. The number of hydrogen-bond acceptors (Lipinski definition) is 4. The van der Waals surface area contributed by atoms with Gasteiger partial charge in [-0.05, 0) is 43.5 Å². The molecule has 2 fully saturated rings. The number of carbonyl (C=O) groups is 1. The van der Waals surface area contributed by atoms with Gasteiger partial charge < -0.3 is 20.1 Å². The number of benzene rings is 1. The van der Waals surface area contributed by atoms with Gasteiger partial charge in [-0.2, -0.15) is 0 Å². The van der Waals surface area contributed by atoms with Crippen molar-refractivity contribution in [1.82, 2.24) is 10.2 Å². The van der Waals surface area contributed by atoms with Gasteiger partial charge in [-0.25, -0.2) is 4.79 Å². The van der Waals surface area contributed by atoms with Gasteiger partial charge in [0.15, 0.2) is 0 Å². The second-order valence-electron chi connectivity index (χ2n) is 6.81. The molecule has 1 aromatic rings. The number of amides is 2. The van der Waals surface area contributed by atoms with Crippen LogP contribution in [0.4, 0.5) is 10.5 Å². The average Bonchev–Trinajstić information content (AvgIpc) is 3.03. The van der Waals surface area contributed by atoms with Gasteiger partial charge >= 0.3 is 6.03 Å². The first kappa shape index (κ1) is 17.2. The Balaban J connectivity index is 1.59. The van der Waals surface area contributed by atoms with Gasteiger partial charge in [0.1, 0.15) is 0 Å². The van der Waals surface area contributed by atoms with Crippen molar-refractivity contribution in [2.45, 2.75) is 25.8 Å². The highest BCUT2D eigenvalue weighted by atomic mass is 16.5. The predicted molar refractivity (Wildman–Crippen MR) is 93.5 cm³/mol. The summed E-state index contributed by atoms with van der Waals surface area (Å²) in [6, 6.07) is 5.87. The Hall–Kier alpha value is -1.63. The fraction of sp³-hybridized carbons (Fsp3) is 0.611. The molecule has 24 heavy (non-hydrogen) atoms. The fourth-order valence-electron chi connectivity index (χ4n) is 3.60. The summed E-state index contributed by atoms with van der Waals surface area (Å²) in [6.07, 6.45) is 0.941. The van der Waals surface area contributed by atoms with Crippen LogP contribution in [0.25, 0.3) is 0 Å². The summed E-state index contributed by atoms with van der Waals surface area (Å²) in [6.45, 7) is 9.33. The molecule has 0 radical (unpaired) electrons. The monoisotopic (exact) mass is 333 g/mol. The molecule has 6 heteroatoms. The summed E-state index contributed by atoms with van der Waals surface area (Å²) >= 11 is 0. The average molecular weight is 333 g/mol. The van der Waals surface area contributed by atoms with Crippen molar-refractivity contribution in [3.05, 3.63) is 29.3 Å². The van der Waals surface area contributed by atoms with Gasteiger partial charge in [0, 0.05) is 31.9 Å². The number of hydrogen-bond donors (Lipinski definition) is 2. The van der Waals surface area contributed by atoms with Crippen molar-refractivity contribution >= 4 is 11.7 Å². The third-order valence-corrected chi connectivity index (χ3v) is 4.82. The fourth-order valence-corrected chi connectivity index (χ4v) is 3.60. The first-order chi connectivity index (χ1) is 11.6. The van der Waals surface area contributed by atoms with Crippen LogP contribution in [0.2, 0.25) is 0 Å². The number of nitrogens with one attached hydrogen (secondary N) is 2. The van der Waals surface area contributed by atoms with Gasteiger partial charge in [-0.3, -0.25) is 4.90 Å². The lowest BCUT2D eigenvalue weighted by molar-refractivity contribution is -0.0245. The minimum Gasteiger partial charge on any atom is -0.379 e. The molecule has 1 unspecified atom stereocenters. The van der Waals surface area contributed by atoms with E-state index in [0.717, 1.165) is 56.1 Å². The van der Waals surface area contributed by atoms with Crippen molar-refractivity contribution in [3.8, 4) is 0 Å². The molecule has 132 valence electrons. The molecule has 2 saturated heterocycles. The van der Waals surface area contributed by atoms with Gasteiger partial charge in [0.25, 0.3) is 0 Å². The highest BCUT2D eigenvalue weighted by Gasteiger charge is 2.41. The zero-order chi connectivity index (χ0) is 17.0. The number of ether oxygens (including phenoxy) is 2. The van der Waals surface area contributed by atoms with Crippen LogP contribution < -0.4 is 10.6 Å². The Kier molecular flexibility index (Phi) is 5.38. The summed E-state index contributed by atoms with van der Waals surface area (Å²) < 4.78 is 11.1. The minimum atomic E-state index is -0.167. The highest BCUT2D eigenvalue weighted by Crippen LogP contribution is 2.26. The van der Waals surface area contributed by atoms with Crippen molar-refractivity contribution in [1.29, 1.82) is 0 Å². The summed E-state index contributed by atoms with van der Waals surface area (Å²) in [5.74, 6) is 0. The molecule has 6 nitrogen and oxygen atoms in total. The number of morpholine rings is 1. The van der Waals surface area contributed by atoms with Crippen LogP contribution in [0.5, 0.6) is 0 Å². The predicted octanol–water partition coefficient (Wildman–Crippen LogP) is 1.92. The van der Waals surface area contributed by atoms with E-state index in [2.05, 4.69) is 21.6 Å². The number of nitrogens with zero attached hydrogens (tertiary/aromatic N) is 1.